The first kappa shape index (κ1) is 17.5. The van der Waals surface area contributed by atoms with E-state index < -0.39 is 0 Å². The van der Waals surface area contributed by atoms with E-state index in [9.17, 15) is 4.79 Å². The Hall–Kier alpha value is -2.87. The van der Waals surface area contributed by atoms with Gasteiger partial charge in [0.2, 0.25) is 0 Å². The number of carbonyl (C=O) groups is 1. The number of likely N-dealkylation sites (tertiary alicyclic amines) is 1. The van der Waals surface area contributed by atoms with Crippen molar-refractivity contribution in [3.05, 3.63) is 58.4 Å². The maximum absolute atomic E-state index is 12.8. The van der Waals surface area contributed by atoms with Gasteiger partial charge in [-0.15, -0.1) is 11.3 Å². The van der Waals surface area contributed by atoms with Crippen molar-refractivity contribution in [2.45, 2.75) is 25.5 Å². The van der Waals surface area contributed by atoms with Crippen molar-refractivity contribution in [3.63, 3.8) is 0 Å². The smallest absolute Gasteiger partial charge is 0.276 e. The van der Waals surface area contributed by atoms with Crippen LogP contribution in [0.25, 0.3) is 0 Å². The molecule has 140 valence electrons. The number of ether oxygens (including phenoxy) is 2. The number of benzene rings is 1. The highest BCUT2D eigenvalue weighted by atomic mass is 32.1. The van der Waals surface area contributed by atoms with E-state index >= 15 is 0 Å². The topological polar surface area (TPSA) is 77.7 Å². The quantitative estimate of drug-likeness (QED) is 0.644. The van der Waals surface area contributed by atoms with Crippen molar-refractivity contribution in [2.24, 2.45) is 0 Å². The van der Waals surface area contributed by atoms with Gasteiger partial charge < -0.3 is 18.9 Å². The first-order valence-corrected chi connectivity index (χ1v) is 9.55. The molecule has 0 saturated carbocycles. The Balaban J connectivity index is 1.42. The van der Waals surface area contributed by atoms with Crippen LogP contribution in [0, 0.1) is 0 Å². The molecule has 0 unspecified atom stereocenters. The van der Waals surface area contributed by atoms with Crippen LogP contribution < -0.4 is 9.47 Å². The van der Waals surface area contributed by atoms with E-state index in [2.05, 4.69) is 10.1 Å². The molecule has 1 atom stereocenters. The van der Waals surface area contributed by atoms with Crippen LogP contribution in [0.4, 0.5) is 0 Å². The molecule has 1 aliphatic heterocycles. The summed E-state index contributed by atoms with van der Waals surface area (Å²) in [4.78, 5) is 19.0. The van der Waals surface area contributed by atoms with Crippen molar-refractivity contribution >= 4 is 17.2 Å². The van der Waals surface area contributed by atoms with Crippen molar-refractivity contribution in [1.82, 2.24) is 15.0 Å². The molecule has 0 bridgehead atoms. The van der Waals surface area contributed by atoms with Gasteiger partial charge in [-0.25, -0.2) is 4.98 Å². The number of hydrogen-bond donors (Lipinski definition) is 0. The minimum atomic E-state index is -0.135. The number of amides is 1. The summed E-state index contributed by atoms with van der Waals surface area (Å²) in [6, 6.07) is 8.95. The third-order valence-corrected chi connectivity index (χ3v) is 5.33. The van der Waals surface area contributed by atoms with Gasteiger partial charge in [-0.05, 0) is 25.0 Å². The van der Waals surface area contributed by atoms with Crippen molar-refractivity contribution in [3.8, 4) is 11.5 Å². The van der Waals surface area contributed by atoms with E-state index in [0.29, 0.717) is 29.5 Å². The van der Waals surface area contributed by atoms with Crippen LogP contribution in [0.15, 0.2) is 46.4 Å². The fourth-order valence-electron chi connectivity index (χ4n) is 3.14. The van der Waals surface area contributed by atoms with Crippen LogP contribution in [-0.2, 0) is 6.61 Å². The summed E-state index contributed by atoms with van der Waals surface area (Å²) in [6.07, 6.45) is 3.65. The molecule has 4 rings (SSSR count). The second-order valence-corrected chi connectivity index (χ2v) is 7.10. The van der Waals surface area contributed by atoms with Crippen molar-refractivity contribution in [1.29, 1.82) is 0 Å². The second-order valence-electron chi connectivity index (χ2n) is 6.17. The molecule has 0 radical (unpaired) electrons. The number of hydrogen-bond acceptors (Lipinski definition) is 7. The Morgan fingerprint density at radius 1 is 1.37 bits per heavy atom. The number of methoxy groups -OCH3 is 1. The molecule has 1 aromatic carbocycles. The van der Waals surface area contributed by atoms with Crippen LogP contribution in [0.1, 0.15) is 40.1 Å². The molecule has 0 N–H and O–H groups in total. The van der Waals surface area contributed by atoms with E-state index in [1.54, 1.807) is 36.8 Å². The maximum atomic E-state index is 12.8. The largest absolute Gasteiger partial charge is 0.497 e. The summed E-state index contributed by atoms with van der Waals surface area (Å²) in [5.74, 6) is 1.72. The van der Waals surface area contributed by atoms with Gasteiger partial charge >= 0.3 is 0 Å². The number of nitrogens with zero attached hydrogens (tertiary/aromatic N) is 3. The average Bonchev–Trinajstić information content (AvgIpc) is 3.46. The van der Waals surface area contributed by atoms with Gasteiger partial charge in [0, 0.05) is 30.3 Å². The summed E-state index contributed by atoms with van der Waals surface area (Å²) in [6.45, 7) is 0.884. The highest BCUT2D eigenvalue weighted by Crippen LogP contribution is 2.34. The number of thiazole rings is 1. The lowest BCUT2D eigenvalue weighted by atomic mass is 10.2. The number of carbonyl (C=O) groups excluding carboxylic acids is 1. The highest BCUT2D eigenvalue weighted by molar-refractivity contribution is 7.09. The fourth-order valence-corrected chi connectivity index (χ4v) is 3.92. The molecule has 27 heavy (non-hydrogen) atoms. The van der Waals surface area contributed by atoms with Gasteiger partial charge in [-0.3, -0.25) is 4.79 Å². The van der Waals surface area contributed by atoms with Gasteiger partial charge in [0.05, 0.1) is 13.2 Å². The average molecular weight is 385 g/mol. The molecule has 0 aliphatic carbocycles. The summed E-state index contributed by atoms with van der Waals surface area (Å²) < 4.78 is 16.1. The van der Waals surface area contributed by atoms with E-state index in [1.165, 1.54) is 0 Å². The molecule has 0 spiro atoms. The van der Waals surface area contributed by atoms with E-state index in [1.807, 2.05) is 28.5 Å². The summed E-state index contributed by atoms with van der Waals surface area (Å²) in [5.41, 5.74) is 0.294. The first-order valence-electron chi connectivity index (χ1n) is 8.67. The minimum Gasteiger partial charge on any atom is -0.497 e. The SMILES string of the molecule is COc1cccc(OCc2cc(C(=O)N3CCC[C@H]3c3nccs3)no2)c1. The lowest BCUT2D eigenvalue weighted by molar-refractivity contribution is 0.0724. The lowest BCUT2D eigenvalue weighted by Gasteiger charge is -2.21. The normalized spacial score (nSPS) is 16.5. The third-order valence-electron chi connectivity index (χ3n) is 4.45. The summed E-state index contributed by atoms with van der Waals surface area (Å²) in [5, 5.41) is 6.83. The molecule has 1 saturated heterocycles. The summed E-state index contributed by atoms with van der Waals surface area (Å²) >= 11 is 1.57. The molecule has 1 aliphatic rings. The van der Waals surface area contributed by atoms with E-state index in [0.717, 1.165) is 17.8 Å². The Morgan fingerprint density at radius 3 is 3.07 bits per heavy atom. The summed E-state index contributed by atoms with van der Waals surface area (Å²) in [7, 11) is 1.60. The Morgan fingerprint density at radius 2 is 2.26 bits per heavy atom. The van der Waals surface area contributed by atoms with Crippen LogP contribution in [-0.4, -0.2) is 34.6 Å². The Kier molecular flexibility index (Phi) is 5.06. The van der Waals surface area contributed by atoms with E-state index in [4.69, 9.17) is 14.0 Å². The molecule has 3 heterocycles. The van der Waals surface area contributed by atoms with Crippen LogP contribution >= 0.6 is 11.3 Å². The van der Waals surface area contributed by atoms with Crippen molar-refractivity contribution < 1.29 is 18.8 Å². The number of aromatic nitrogens is 2. The van der Waals surface area contributed by atoms with Crippen molar-refractivity contribution in [2.75, 3.05) is 13.7 Å². The second kappa shape index (κ2) is 7.79. The zero-order chi connectivity index (χ0) is 18.6. The van der Waals surface area contributed by atoms with Gasteiger partial charge in [-0.1, -0.05) is 11.2 Å². The lowest BCUT2D eigenvalue weighted by Crippen LogP contribution is -2.30. The van der Waals surface area contributed by atoms with Gasteiger partial charge in [-0.2, -0.15) is 0 Å². The fraction of sp³-hybridized carbons (Fsp3) is 0.316. The molecular weight excluding hydrogens is 366 g/mol. The predicted octanol–water partition coefficient (Wildman–Crippen LogP) is 3.70. The zero-order valence-electron chi connectivity index (χ0n) is 14.8. The van der Waals surface area contributed by atoms with Gasteiger partial charge in [0.25, 0.3) is 5.91 Å². The Labute approximate surface area is 160 Å². The van der Waals surface area contributed by atoms with Gasteiger partial charge in [0.1, 0.15) is 23.1 Å². The monoisotopic (exact) mass is 385 g/mol. The predicted molar refractivity (Wildman–Crippen MR) is 99.0 cm³/mol. The maximum Gasteiger partial charge on any atom is 0.276 e. The van der Waals surface area contributed by atoms with Gasteiger partial charge in [0.15, 0.2) is 11.5 Å². The van der Waals surface area contributed by atoms with Crippen LogP contribution in [0.3, 0.4) is 0 Å². The third kappa shape index (κ3) is 3.80. The van der Waals surface area contributed by atoms with Crippen LogP contribution in [0.5, 0.6) is 11.5 Å². The minimum absolute atomic E-state index is 0.0192. The van der Waals surface area contributed by atoms with Crippen LogP contribution in [0.2, 0.25) is 0 Å². The zero-order valence-corrected chi connectivity index (χ0v) is 15.6. The highest BCUT2D eigenvalue weighted by Gasteiger charge is 2.33. The standard InChI is InChI=1S/C19H19N3O4S/c1-24-13-4-2-5-14(10-13)25-12-15-11-16(21-26-15)19(23)22-8-3-6-17(22)18-20-7-9-27-18/h2,4-5,7,9-11,17H,3,6,8,12H2,1H3/t17-/m0/s1. The Bertz CT molecular complexity index is 909. The first-order chi connectivity index (χ1) is 13.2. The molecular formula is C19H19N3O4S. The molecule has 1 fully saturated rings. The molecule has 7 nitrogen and oxygen atoms in total. The number of rotatable bonds is 6. The molecule has 8 heteroatoms. The molecule has 1 amide bonds. The van der Waals surface area contributed by atoms with E-state index in [-0.39, 0.29) is 18.6 Å². The molecule has 2 aromatic heterocycles. The molecule has 3 aromatic rings.